The molecule has 3 saturated heterocycles. The molecule has 4 rings (SSSR count). The number of hydrogen-bond acceptors (Lipinski definition) is 4. The Labute approximate surface area is 139 Å². The summed E-state index contributed by atoms with van der Waals surface area (Å²) in [5.41, 5.74) is -0.596. The summed E-state index contributed by atoms with van der Waals surface area (Å²) >= 11 is 0. The van der Waals surface area contributed by atoms with Crippen molar-refractivity contribution < 1.29 is 14.3 Å². The van der Waals surface area contributed by atoms with Crippen LogP contribution in [0.4, 0.5) is 4.79 Å². The zero-order valence-electron chi connectivity index (χ0n) is 14.9. The summed E-state index contributed by atoms with van der Waals surface area (Å²) in [5, 5.41) is 6.54. The number of amides is 1. The van der Waals surface area contributed by atoms with Gasteiger partial charge in [-0.05, 0) is 84.7 Å². The number of rotatable bonds is 3. The highest BCUT2D eigenvalue weighted by atomic mass is 16.6. The SMILES string of the molecule is CC(C)(C)OC(=O)NC12CCC(CC3CCNCC3)(CC1)OC2. The van der Waals surface area contributed by atoms with E-state index in [1.165, 1.54) is 19.3 Å². The fraction of sp³-hybridized carbons (Fsp3) is 0.944. The number of carbonyl (C=O) groups is 1. The molecular weight excluding hydrogens is 292 g/mol. The maximum atomic E-state index is 12.1. The quantitative estimate of drug-likeness (QED) is 0.838. The van der Waals surface area contributed by atoms with Gasteiger partial charge in [0.2, 0.25) is 0 Å². The van der Waals surface area contributed by atoms with Gasteiger partial charge < -0.3 is 20.1 Å². The lowest BCUT2D eigenvalue weighted by Crippen LogP contribution is -2.63. The zero-order chi connectivity index (χ0) is 16.6. The normalized spacial score (nSPS) is 35.1. The van der Waals surface area contributed by atoms with Crippen LogP contribution in [0.15, 0.2) is 0 Å². The third-order valence-corrected chi connectivity index (χ3v) is 5.66. The second kappa shape index (κ2) is 6.25. The fourth-order valence-corrected chi connectivity index (χ4v) is 4.32. The molecule has 0 aromatic rings. The van der Waals surface area contributed by atoms with E-state index in [4.69, 9.17) is 9.47 Å². The molecule has 1 amide bonds. The predicted molar refractivity (Wildman–Crippen MR) is 89.5 cm³/mol. The van der Waals surface area contributed by atoms with Gasteiger partial charge >= 0.3 is 6.09 Å². The van der Waals surface area contributed by atoms with E-state index >= 15 is 0 Å². The van der Waals surface area contributed by atoms with Crippen molar-refractivity contribution in [1.29, 1.82) is 0 Å². The summed E-state index contributed by atoms with van der Waals surface area (Å²) in [6.07, 6.45) is 7.57. The first-order valence-corrected chi connectivity index (χ1v) is 9.16. The molecule has 23 heavy (non-hydrogen) atoms. The molecule has 4 fully saturated rings. The first kappa shape index (κ1) is 17.0. The van der Waals surface area contributed by atoms with Gasteiger partial charge in [0.1, 0.15) is 5.60 Å². The summed E-state index contributed by atoms with van der Waals surface area (Å²) in [6.45, 7) is 8.61. The van der Waals surface area contributed by atoms with Gasteiger partial charge in [-0.1, -0.05) is 0 Å². The largest absolute Gasteiger partial charge is 0.444 e. The van der Waals surface area contributed by atoms with E-state index in [2.05, 4.69) is 10.6 Å². The summed E-state index contributed by atoms with van der Waals surface area (Å²) in [6, 6.07) is 0. The number of hydrogen-bond donors (Lipinski definition) is 2. The Morgan fingerprint density at radius 2 is 1.87 bits per heavy atom. The van der Waals surface area contributed by atoms with Gasteiger partial charge in [0.05, 0.1) is 17.7 Å². The zero-order valence-corrected chi connectivity index (χ0v) is 14.9. The molecule has 0 spiro atoms. The van der Waals surface area contributed by atoms with Crippen LogP contribution < -0.4 is 10.6 Å². The standard InChI is InChI=1S/C18H32N2O3/c1-16(2,3)23-15(21)20-17-6-8-18(9-7-17,22-13-17)12-14-4-10-19-11-5-14/h14,19H,4-13H2,1-3H3,(H,20,21). The van der Waals surface area contributed by atoms with Gasteiger partial charge in [0.25, 0.3) is 0 Å². The third kappa shape index (κ3) is 4.18. The molecule has 5 heteroatoms. The Balaban J connectivity index is 1.53. The van der Waals surface area contributed by atoms with E-state index in [-0.39, 0.29) is 17.2 Å². The average molecular weight is 324 g/mol. The average Bonchev–Trinajstić information content (AvgIpc) is 2.48. The molecule has 3 aliphatic heterocycles. The van der Waals surface area contributed by atoms with Crippen molar-refractivity contribution in [2.75, 3.05) is 19.7 Å². The van der Waals surface area contributed by atoms with Gasteiger partial charge in [-0.2, -0.15) is 0 Å². The molecule has 132 valence electrons. The number of piperidine rings is 1. The van der Waals surface area contributed by atoms with Crippen LogP contribution in [0.25, 0.3) is 0 Å². The Morgan fingerprint density at radius 3 is 2.39 bits per heavy atom. The second-order valence-corrected chi connectivity index (χ2v) is 8.78. The van der Waals surface area contributed by atoms with E-state index in [0.717, 1.165) is 44.7 Å². The number of nitrogens with one attached hydrogen (secondary N) is 2. The van der Waals surface area contributed by atoms with Crippen LogP contribution in [-0.4, -0.2) is 42.5 Å². The van der Waals surface area contributed by atoms with Gasteiger partial charge in [-0.25, -0.2) is 4.79 Å². The monoisotopic (exact) mass is 324 g/mol. The molecule has 0 atom stereocenters. The summed E-state index contributed by atoms with van der Waals surface area (Å²) in [7, 11) is 0. The molecule has 1 saturated carbocycles. The van der Waals surface area contributed by atoms with Crippen molar-refractivity contribution in [2.24, 2.45) is 5.92 Å². The molecule has 2 bridgehead atoms. The maximum absolute atomic E-state index is 12.1. The van der Waals surface area contributed by atoms with Crippen LogP contribution in [-0.2, 0) is 9.47 Å². The van der Waals surface area contributed by atoms with Gasteiger partial charge in [-0.15, -0.1) is 0 Å². The Hall–Kier alpha value is -0.810. The topological polar surface area (TPSA) is 59.6 Å². The fourth-order valence-electron chi connectivity index (χ4n) is 4.32. The molecule has 4 aliphatic rings. The molecule has 0 radical (unpaired) electrons. The predicted octanol–water partition coefficient (Wildman–Crippen LogP) is 2.98. The molecule has 3 heterocycles. The van der Waals surface area contributed by atoms with Crippen LogP contribution in [0.1, 0.15) is 65.7 Å². The van der Waals surface area contributed by atoms with Crippen LogP contribution >= 0.6 is 0 Å². The van der Waals surface area contributed by atoms with E-state index < -0.39 is 5.60 Å². The number of carbonyl (C=O) groups excluding carboxylic acids is 1. The molecule has 0 unspecified atom stereocenters. The van der Waals surface area contributed by atoms with Crippen LogP contribution in [0, 0.1) is 5.92 Å². The van der Waals surface area contributed by atoms with Crippen LogP contribution in [0.2, 0.25) is 0 Å². The number of alkyl carbamates (subject to hydrolysis) is 1. The highest BCUT2D eigenvalue weighted by molar-refractivity contribution is 5.69. The van der Waals surface area contributed by atoms with E-state index in [0.29, 0.717) is 6.61 Å². The van der Waals surface area contributed by atoms with Crippen molar-refractivity contribution in [3.05, 3.63) is 0 Å². The van der Waals surface area contributed by atoms with Gasteiger partial charge in [0.15, 0.2) is 0 Å². The molecule has 5 nitrogen and oxygen atoms in total. The van der Waals surface area contributed by atoms with E-state index in [1.807, 2.05) is 20.8 Å². The minimum absolute atomic E-state index is 0.0688. The van der Waals surface area contributed by atoms with Gasteiger partial charge in [0, 0.05) is 0 Å². The van der Waals surface area contributed by atoms with Crippen LogP contribution in [0.3, 0.4) is 0 Å². The first-order valence-electron chi connectivity index (χ1n) is 9.16. The molecule has 0 aromatic carbocycles. The maximum Gasteiger partial charge on any atom is 0.408 e. The summed E-state index contributed by atoms with van der Waals surface area (Å²) in [5.74, 6) is 0.792. The van der Waals surface area contributed by atoms with Crippen molar-refractivity contribution in [2.45, 2.75) is 82.5 Å². The van der Waals surface area contributed by atoms with Crippen molar-refractivity contribution >= 4 is 6.09 Å². The Kier molecular flexibility index (Phi) is 4.62. The van der Waals surface area contributed by atoms with Crippen molar-refractivity contribution in [1.82, 2.24) is 10.6 Å². The lowest BCUT2D eigenvalue weighted by atomic mass is 9.67. The Morgan fingerprint density at radius 1 is 1.22 bits per heavy atom. The summed E-state index contributed by atoms with van der Waals surface area (Å²) in [4.78, 5) is 12.1. The Bertz CT molecular complexity index is 414. The molecule has 1 aliphatic carbocycles. The lowest BCUT2D eigenvalue weighted by molar-refractivity contribution is -0.170. The second-order valence-electron chi connectivity index (χ2n) is 8.78. The van der Waals surface area contributed by atoms with Crippen LogP contribution in [0.5, 0.6) is 0 Å². The first-order chi connectivity index (χ1) is 10.8. The van der Waals surface area contributed by atoms with Gasteiger partial charge in [-0.3, -0.25) is 0 Å². The van der Waals surface area contributed by atoms with E-state index in [1.54, 1.807) is 0 Å². The lowest BCUT2D eigenvalue weighted by Gasteiger charge is -2.54. The molecule has 0 aromatic heterocycles. The number of fused-ring (bicyclic) bond motifs is 3. The van der Waals surface area contributed by atoms with Crippen molar-refractivity contribution in [3.63, 3.8) is 0 Å². The highest BCUT2D eigenvalue weighted by Crippen LogP contribution is 2.47. The number of ether oxygens (including phenoxy) is 2. The third-order valence-electron chi connectivity index (χ3n) is 5.66. The summed E-state index contributed by atoms with van der Waals surface area (Å²) < 4.78 is 11.7. The molecule has 2 N–H and O–H groups in total. The smallest absolute Gasteiger partial charge is 0.408 e. The minimum atomic E-state index is -0.455. The van der Waals surface area contributed by atoms with Crippen molar-refractivity contribution in [3.8, 4) is 0 Å². The molecular formula is C18H32N2O3. The minimum Gasteiger partial charge on any atom is -0.444 e. The van der Waals surface area contributed by atoms with E-state index in [9.17, 15) is 4.79 Å². The highest BCUT2D eigenvalue weighted by Gasteiger charge is 2.51.